The van der Waals surface area contributed by atoms with Crippen molar-refractivity contribution in [2.45, 2.75) is 117 Å². The van der Waals surface area contributed by atoms with E-state index < -0.39 is 29.4 Å². The Bertz CT molecular complexity index is 1430. The van der Waals surface area contributed by atoms with Crippen LogP contribution < -0.4 is 4.74 Å². The van der Waals surface area contributed by atoms with Gasteiger partial charge in [-0.2, -0.15) is 0 Å². The molecule has 1 fully saturated rings. The molecule has 0 radical (unpaired) electrons. The van der Waals surface area contributed by atoms with Crippen LogP contribution in [0.2, 0.25) is 0 Å². The number of carbonyl (C=O) groups excluding carboxylic acids is 1. The second kappa shape index (κ2) is 10.9. The molecule has 0 unspecified atom stereocenters. The van der Waals surface area contributed by atoms with E-state index in [9.17, 15) is 23.5 Å². The summed E-state index contributed by atoms with van der Waals surface area (Å²) >= 11 is 0. The van der Waals surface area contributed by atoms with E-state index in [1.807, 2.05) is 13.8 Å². The number of benzene rings is 2. The van der Waals surface area contributed by atoms with Crippen molar-refractivity contribution in [3.8, 4) is 16.9 Å². The van der Waals surface area contributed by atoms with Crippen molar-refractivity contribution in [1.29, 1.82) is 0 Å². The van der Waals surface area contributed by atoms with Crippen LogP contribution in [0.25, 0.3) is 11.1 Å². The molecule has 2 aliphatic heterocycles. The number of rotatable bonds is 5. The fraction of sp³-hybridized carbons (Fsp3) is 0.576. The minimum absolute atomic E-state index is 0.0371. The third kappa shape index (κ3) is 5.52. The molecule has 9 heteroatoms. The second-order valence-electron chi connectivity index (χ2n) is 13.0. The zero-order chi connectivity index (χ0) is 30.7. The molecule has 228 valence electrons. The Balaban J connectivity index is 1.73. The lowest BCUT2D eigenvalue weighted by Crippen LogP contribution is -2.47. The van der Waals surface area contributed by atoms with Gasteiger partial charge in [-0.1, -0.05) is 0 Å². The smallest absolute Gasteiger partial charge is 0.337 e. The van der Waals surface area contributed by atoms with Crippen LogP contribution in [0, 0.1) is 26.6 Å². The summed E-state index contributed by atoms with van der Waals surface area (Å²) in [5, 5.41) is 10.4. The number of hydrogen-bond donors (Lipinski definition) is 1. The SMILES string of the molecule is Cc1c(-c2c(C)c3c(c(C)c2[C@@H](OC(C)(C)C)C(=O)O)CC(=O)N(C2CCC(F)(F)CC2)C3)cc(F)c2c1CCCO2. The lowest BCUT2D eigenvalue weighted by molar-refractivity contribution is -0.160. The highest BCUT2D eigenvalue weighted by molar-refractivity contribution is 5.89. The lowest BCUT2D eigenvalue weighted by atomic mass is 9.78. The van der Waals surface area contributed by atoms with E-state index in [2.05, 4.69) is 0 Å². The predicted octanol–water partition coefficient (Wildman–Crippen LogP) is 7.15. The van der Waals surface area contributed by atoms with Gasteiger partial charge in [-0.3, -0.25) is 4.79 Å². The molecule has 0 aromatic heterocycles. The monoisotopic (exact) mass is 587 g/mol. The van der Waals surface area contributed by atoms with Crippen LogP contribution in [-0.2, 0) is 33.7 Å². The fourth-order valence-electron chi connectivity index (χ4n) is 6.97. The number of alkyl halides is 2. The van der Waals surface area contributed by atoms with Crippen molar-refractivity contribution in [1.82, 2.24) is 4.90 Å². The zero-order valence-corrected chi connectivity index (χ0v) is 25.3. The molecule has 2 aromatic rings. The van der Waals surface area contributed by atoms with Gasteiger partial charge in [-0.15, -0.1) is 0 Å². The highest BCUT2D eigenvalue weighted by atomic mass is 19.3. The van der Waals surface area contributed by atoms with Crippen molar-refractivity contribution in [3.05, 3.63) is 50.8 Å². The van der Waals surface area contributed by atoms with E-state index in [4.69, 9.17) is 9.47 Å². The normalized spacial score (nSPS) is 19.6. The molecule has 2 heterocycles. The average molecular weight is 588 g/mol. The molecular weight excluding hydrogens is 547 g/mol. The molecule has 1 aliphatic carbocycles. The lowest BCUT2D eigenvalue weighted by Gasteiger charge is -2.41. The van der Waals surface area contributed by atoms with Gasteiger partial charge in [0.1, 0.15) is 0 Å². The zero-order valence-electron chi connectivity index (χ0n) is 25.3. The molecule has 1 saturated carbocycles. The Morgan fingerprint density at radius 3 is 2.38 bits per heavy atom. The Morgan fingerprint density at radius 1 is 1.10 bits per heavy atom. The minimum Gasteiger partial charge on any atom is -0.490 e. The van der Waals surface area contributed by atoms with Crippen LogP contribution in [0.4, 0.5) is 13.2 Å². The molecule has 3 aliphatic rings. The van der Waals surface area contributed by atoms with Crippen molar-refractivity contribution < 1.29 is 37.3 Å². The van der Waals surface area contributed by atoms with Gasteiger partial charge in [-0.05, 0) is 112 Å². The quantitative estimate of drug-likeness (QED) is 0.402. The number of nitrogens with zero attached hydrogens (tertiary/aromatic N) is 1. The van der Waals surface area contributed by atoms with Gasteiger partial charge >= 0.3 is 5.97 Å². The summed E-state index contributed by atoms with van der Waals surface area (Å²) in [6, 6.07) is 1.13. The Labute approximate surface area is 245 Å². The minimum atomic E-state index is -2.71. The van der Waals surface area contributed by atoms with Gasteiger partial charge < -0.3 is 19.5 Å². The first kappa shape index (κ1) is 30.4. The van der Waals surface area contributed by atoms with Gasteiger partial charge in [0.2, 0.25) is 11.8 Å². The summed E-state index contributed by atoms with van der Waals surface area (Å²) in [4.78, 5) is 28.0. The highest BCUT2D eigenvalue weighted by Gasteiger charge is 2.41. The number of carboxylic acid groups (broad SMARTS) is 1. The third-order valence-corrected chi connectivity index (χ3v) is 9.09. The van der Waals surface area contributed by atoms with E-state index in [0.717, 1.165) is 34.2 Å². The maximum absolute atomic E-state index is 15.6. The standard InChI is InChI=1S/C33H40F3NO5/c1-17-21-8-7-13-41-29(21)25(34)14-23(17)27-19(3)24-16-37(20-9-11-33(35,36)12-10-20)26(38)15-22(24)18(2)28(27)30(31(39)40)42-32(4,5)6/h14,20,30H,7-13,15-16H2,1-6H3,(H,39,40)/t30-/m1/s1. The first-order chi connectivity index (χ1) is 19.6. The van der Waals surface area contributed by atoms with Crippen molar-refractivity contribution >= 4 is 11.9 Å². The third-order valence-electron chi connectivity index (χ3n) is 9.09. The molecular formula is C33H40F3NO5. The molecule has 1 atom stereocenters. The maximum Gasteiger partial charge on any atom is 0.337 e. The summed E-state index contributed by atoms with van der Waals surface area (Å²) in [7, 11) is 0. The van der Waals surface area contributed by atoms with Gasteiger partial charge in [0.05, 0.1) is 18.6 Å². The Morgan fingerprint density at radius 2 is 1.76 bits per heavy atom. The molecule has 42 heavy (non-hydrogen) atoms. The average Bonchev–Trinajstić information content (AvgIpc) is 2.91. The molecule has 1 amide bonds. The largest absolute Gasteiger partial charge is 0.490 e. The summed E-state index contributed by atoms with van der Waals surface area (Å²) < 4.78 is 55.2. The molecule has 6 nitrogen and oxygen atoms in total. The first-order valence-corrected chi connectivity index (χ1v) is 14.8. The second-order valence-corrected chi connectivity index (χ2v) is 13.0. The fourth-order valence-corrected chi connectivity index (χ4v) is 6.97. The van der Waals surface area contributed by atoms with Crippen LogP contribution in [0.3, 0.4) is 0 Å². The van der Waals surface area contributed by atoms with E-state index in [0.29, 0.717) is 35.3 Å². The number of carboxylic acids is 1. The number of fused-ring (bicyclic) bond motifs is 2. The molecule has 5 rings (SSSR count). The maximum atomic E-state index is 15.6. The number of halogens is 3. The van der Waals surface area contributed by atoms with Crippen LogP contribution in [0.15, 0.2) is 6.07 Å². The number of hydrogen-bond acceptors (Lipinski definition) is 4. The molecule has 1 N–H and O–H groups in total. The molecule has 0 spiro atoms. The summed E-state index contributed by atoms with van der Waals surface area (Å²) in [5.41, 5.74) is 5.28. The van der Waals surface area contributed by atoms with E-state index in [1.165, 1.54) is 6.07 Å². The van der Waals surface area contributed by atoms with E-state index >= 15 is 4.39 Å². The van der Waals surface area contributed by atoms with Gasteiger partial charge in [0.25, 0.3) is 0 Å². The summed E-state index contributed by atoms with van der Waals surface area (Å²) in [6.07, 6.45) is 0.00279. The molecule has 0 bridgehead atoms. The van der Waals surface area contributed by atoms with Gasteiger partial charge in [0, 0.05) is 36.6 Å². The van der Waals surface area contributed by atoms with Crippen LogP contribution in [-0.4, -0.2) is 46.1 Å². The number of aliphatic carboxylic acids is 1. The molecule has 0 saturated heterocycles. The van der Waals surface area contributed by atoms with Crippen molar-refractivity contribution in [3.63, 3.8) is 0 Å². The highest BCUT2D eigenvalue weighted by Crippen LogP contribution is 2.47. The van der Waals surface area contributed by atoms with E-state index in [-0.39, 0.29) is 56.3 Å². The van der Waals surface area contributed by atoms with Crippen molar-refractivity contribution in [2.24, 2.45) is 0 Å². The van der Waals surface area contributed by atoms with Crippen LogP contribution >= 0.6 is 0 Å². The number of amides is 1. The number of ether oxygens (including phenoxy) is 2. The summed E-state index contributed by atoms with van der Waals surface area (Å²) in [6.45, 7) is 11.6. The van der Waals surface area contributed by atoms with Crippen molar-refractivity contribution in [2.75, 3.05) is 6.61 Å². The van der Waals surface area contributed by atoms with E-state index in [1.54, 1.807) is 32.6 Å². The van der Waals surface area contributed by atoms with Gasteiger partial charge in [-0.25, -0.2) is 18.0 Å². The Kier molecular flexibility index (Phi) is 7.88. The van der Waals surface area contributed by atoms with Crippen LogP contribution in [0.5, 0.6) is 5.75 Å². The molecule has 2 aromatic carbocycles. The predicted molar refractivity (Wildman–Crippen MR) is 153 cm³/mol. The summed E-state index contributed by atoms with van der Waals surface area (Å²) in [5.74, 6) is -4.31. The van der Waals surface area contributed by atoms with Crippen LogP contribution in [0.1, 0.15) is 97.9 Å². The number of carbonyl (C=O) groups is 2. The first-order valence-electron chi connectivity index (χ1n) is 14.8. The van der Waals surface area contributed by atoms with Gasteiger partial charge in [0.15, 0.2) is 17.7 Å². The topological polar surface area (TPSA) is 76.1 Å². The Hall–Kier alpha value is -3.07.